The van der Waals surface area contributed by atoms with E-state index in [2.05, 4.69) is 30.3 Å². The molecule has 0 aliphatic rings. The normalized spacial score (nSPS) is 11.2. The summed E-state index contributed by atoms with van der Waals surface area (Å²) in [5, 5.41) is 15.7. The van der Waals surface area contributed by atoms with Gasteiger partial charge >= 0.3 is 0 Å². The molecule has 8 nitrogen and oxygen atoms in total. The molecule has 0 aromatic carbocycles. The summed E-state index contributed by atoms with van der Waals surface area (Å²) in [7, 11) is 1.89. The Hall–Kier alpha value is -2.16. The van der Waals surface area contributed by atoms with E-state index < -0.39 is 0 Å². The third kappa shape index (κ3) is 2.31. The molecule has 0 saturated heterocycles. The van der Waals surface area contributed by atoms with Crippen molar-refractivity contribution in [3.05, 3.63) is 11.4 Å². The third-order valence-corrected chi connectivity index (χ3v) is 3.88. The van der Waals surface area contributed by atoms with E-state index in [-0.39, 0.29) is 0 Å². The maximum Gasteiger partial charge on any atom is 0.278 e. The van der Waals surface area contributed by atoms with Crippen molar-refractivity contribution < 1.29 is 9.37 Å². The number of ether oxygens (including phenoxy) is 1. The monoisotopic (exact) mass is 294 g/mol. The molecule has 3 heterocycles. The van der Waals surface area contributed by atoms with Gasteiger partial charge in [0.1, 0.15) is 12.3 Å². The van der Waals surface area contributed by atoms with Crippen molar-refractivity contribution in [2.45, 2.75) is 13.8 Å². The second kappa shape index (κ2) is 5.08. The number of nitrogens with zero attached hydrogens (tertiary/aromatic N) is 5. The second-order valence-electron chi connectivity index (χ2n) is 4.31. The van der Waals surface area contributed by atoms with Crippen LogP contribution in [0.5, 0.6) is 5.88 Å². The van der Waals surface area contributed by atoms with Crippen molar-refractivity contribution >= 4 is 26.8 Å². The summed E-state index contributed by atoms with van der Waals surface area (Å²) in [6.07, 6.45) is 0. The zero-order valence-electron chi connectivity index (χ0n) is 11.4. The van der Waals surface area contributed by atoms with Crippen molar-refractivity contribution in [2.75, 3.05) is 18.5 Å². The molecular formula is C11H14N6O2S. The average molecular weight is 294 g/mol. The molecule has 0 bridgehead atoms. The van der Waals surface area contributed by atoms with Gasteiger partial charge in [-0.05, 0) is 19.0 Å². The topological polar surface area (TPSA) is 90.9 Å². The molecule has 0 unspecified atom stereocenters. The Morgan fingerprint density at radius 1 is 1.30 bits per heavy atom. The zero-order chi connectivity index (χ0) is 14.1. The highest BCUT2D eigenvalue weighted by Gasteiger charge is 2.11. The van der Waals surface area contributed by atoms with E-state index in [1.165, 1.54) is 0 Å². The van der Waals surface area contributed by atoms with E-state index in [0.717, 1.165) is 21.2 Å². The Bertz CT molecular complexity index is 696. The number of aromatic nitrogens is 5. The van der Waals surface area contributed by atoms with E-state index >= 15 is 0 Å². The summed E-state index contributed by atoms with van der Waals surface area (Å²) < 4.78 is 12.9. The van der Waals surface area contributed by atoms with Gasteiger partial charge in [-0.25, -0.2) is 14.3 Å². The minimum absolute atomic E-state index is 0.427. The van der Waals surface area contributed by atoms with Crippen LogP contribution in [0.1, 0.15) is 11.4 Å². The fourth-order valence-corrected chi connectivity index (χ4v) is 2.78. The summed E-state index contributed by atoms with van der Waals surface area (Å²) in [6.45, 7) is 4.84. The fourth-order valence-electron chi connectivity index (χ4n) is 1.82. The van der Waals surface area contributed by atoms with Crippen molar-refractivity contribution in [1.29, 1.82) is 0 Å². The lowest BCUT2D eigenvalue weighted by Crippen LogP contribution is -2.11. The van der Waals surface area contributed by atoms with Crippen LogP contribution in [-0.2, 0) is 7.05 Å². The number of anilines is 1. The fraction of sp³-hybridized carbons (Fsp3) is 0.455. The van der Waals surface area contributed by atoms with Crippen LogP contribution < -0.4 is 10.1 Å². The van der Waals surface area contributed by atoms with Crippen molar-refractivity contribution in [3.63, 3.8) is 0 Å². The SMILES string of the molecule is Cc1nonc1OCCNc1nc2c(s1)c(C)nn2C. The van der Waals surface area contributed by atoms with Gasteiger partial charge in [0, 0.05) is 7.05 Å². The summed E-state index contributed by atoms with van der Waals surface area (Å²) in [4.78, 5) is 4.49. The average Bonchev–Trinajstić information content (AvgIpc) is 3.06. The standard InChI is InChI=1S/C11H14N6O2S/c1-6-8-9(17(3)14-6)13-11(20-8)12-4-5-18-10-7(2)15-19-16-10/h4-5H2,1-3H3,(H,12,13). The molecule has 3 rings (SSSR count). The predicted molar refractivity (Wildman–Crippen MR) is 74.1 cm³/mol. The number of rotatable bonds is 5. The highest BCUT2D eigenvalue weighted by molar-refractivity contribution is 7.22. The van der Waals surface area contributed by atoms with Crippen LogP contribution in [0.4, 0.5) is 5.13 Å². The van der Waals surface area contributed by atoms with E-state index in [9.17, 15) is 0 Å². The van der Waals surface area contributed by atoms with E-state index in [1.54, 1.807) is 22.9 Å². The van der Waals surface area contributed by atoms with Crippen LogP contribution in [0.15, 0.2) is 4.63 Å². The molecule has 0 spiro atoms. The molecule has 0 aliphatic carbocycles. The van der Waals surface area contributed by atoms with Crippen LogP contribution in [0.2, 0.25) is 0 Å². The van der Waals surface area contributed by atoms with E-state index in [1.807, 2.05) is 14.0 Å². The Labute approximate surface area is 118 Å². The Morgan fingerprint density at radius 3 is 2.85 bits per heavy atom. The molecule has 0 atom stereocenters. The quantitative estimate of drug-likeness (QED) is 0.713. The smallest absolute Gasteiger partial charge is 0.278 e. The summed E-state index contributed by atoms with van der Waals surface area (Å²) in [5.74, 6) is 0.427. The highest BCUT2D eigenvalue weighted by atomic mass is 32.1. The first-order valence-corrected chi connectivity index (χ1v) is 6.93. The Morgan fingerprint density at radius 2 is 2.15 bits per heavy atom. The Balaban J connectivity index is 1.57. The van der Waals surface area contributed by atoms with Crippen molar-refractivity contribution in [2.24, 2.45) is 7.05 Å². The van der Waals surface area contributed by atoms with Crippen LogP contribution in [0, 0.1) is 13.8 Å². The van der Waals surface area contributed by atoms with Crippen molar-refractivity contribution in [1.82, 2.24) is 25.1 Å². The first kappa shape index (κ1) is 12.9. The summed E-state index contributed by atoms with van der Waals surface area (Å²) in [6, 6.07) is 0. The molecule has 0 saturated carbocycles. The van der Waals surface area contributed by atoms with E-state index in [4.69, 9.17) is 4.74 Å². The first-order chi connectivity index (χ1) is 9.65. The predicted octanol–water partition coefficient (Wildman–Crippen LogP) is 1.52. The number of hydrogen-bond donors (Lipinski definition) is 1. The van der Waals surface area contributed by atoms with Crippen molar-refractivity contribution in [3.8, 4) is 5.88 Å². The Kier molecular flexibility index (Phi) is 3.26. The van der Waals surface area contributed by atoms with Crippen LogP contribution in [0.25, 0.3) is 10.3 Å². The van der Waals surface area contributed by atoms with Crippen LogP contribution >= 0.6 is 11.3 Å². The maximum atomic E-state index is 5.43. The summed E-state index contributed by atoms with van der Waals surface area (Å²) in [5.41, 5.74) is 2.53. The van der Waals surface area contributed by atoms with Gasteiger partial charge < -0.3 is 10.1 Å². The highest BCUT2D eigenvalue weighted by Crippen LogP contribution is 2.27. The molecule has 106 valence electrons. The molecule has 20 heavy (non-hydrogen) atoms. The number of fused-ring (bicyclic) bond motifs is 1. The number of nitrogens with one attached hydrogen (secondary N) is 1. The first-order valence-electron chi connectivity index (χ1n) is 6.11. The van der Waals surface area contributed by atoms with Crippen LogP contribution in [0.3, 0.4) is 0 Å². The molecule has 9 heteroatoms. The molecule has 3 aromatic rings. The van der Waals surface area contributed by atoms with Gasteiger partial charge in [0.05, 0.1) is 16.9 Å². The molecule has 3 aromatic heterocycles. The van der Waals surface area contributed by atoms with E-state index in [0.29, 0.717) is 24.7 Å². The third-order valence-electron chi connectivity index (χ3n) is 2.77. The molecule has 0 aliphatic heterocycles. The molecule has 0 amide bonds. The van der Waals surface area contributed by atoms with Crippen LogP contribution in [-0.4, -0.2) is 38.2 Å². The molecule has 0 radical (unpaired) electrons. The van der Waals surface area contributed by atoms with Gasteiger partial charge in [0.25, 0.3) is 5.88 Å². The minimum atomic E-state index is 0.427. The molecule has 0 fully saturated rings. The lowest BCUT2D eigenvalue weighted by atomic mass is 10.5. The van der Waals surface area contributed by atoms with Gasteiger partial charge in [-0.3, -0.25) is 0 Å². The van der Waals surface area contributed by atoms with Gasteiger partial charge in [-0.1, -0.05) is 16.5 Å². The largest absolute Gasteiger partial charge is 0.472 e. The number of aryl methyl sites for hydroxylation is 3. The van der Waals surface area contributed by atoms with Gasteiger partial charge in [0.15, 0.2) is 10.8 Å². The van der Waals surface area contributed by atoms with Gasteiger partial charge in [0.2, 0.25) is 0 Å². The molecular weight excluding hydrogens is 280 g/mol. The minimum Gasteiger partial charge on any atom is -0.472 e. The number of hydrogen-bond acceptors (Lipinski definition) is 8. The molecule has 1 N–H and O–H groups in total. The maximum absolute atomic E-state index is 5.43. The van der Waals surface area contributed by atoms with Gasteiger partial charge in [-0.2, -0.15) is 5.10 Å². The van der Waals surface area contributed by atoms with Gasteiger partial charge in [-0.15, -0.1) is 0 Å². The number of thiazole rings is 1. The lowest BCUT2D eigenvalue weighted by molar-refractivity contribution is 0.261. The second-order valence-corrected chi connectivity index (χ2v) is 5.31. The zero-order valence-corrected chi connectivity index (χ0v) is 12.2. The summed E-state index contributed by atoms with van der Waals surface area (Å²) >= 11 is 1.59. The lowest BCUT2D eigenvalue weighted by Gasteiger charge is -2.03.